The van der Waals surface area contributed by atoms with Gasteiger partial charge >= 0.3 is 0 Å². The van der Waals surface area contributed by atoms with Crippen molar-refractivity contribution < 1.29 is 0 Å². The summed E-state index contributed by atoms with van der Waals surface area (Å²) < 4.78 is 0. The Kier molecular flexibility index (Phi) is 8.29. The number of hydrogen-bond acceptors (Lipinski definition) is 3. The van der Waals surface area contributed by atoms with E-state index in [0.29, 0.717) is 0 Å². The van der Waals surface area contributed by atoms with E-state index in [4.69, 9.17) is 0 Å². The van der Waals surface area contributed by atoms with Crippen LogP contribution in [0.3, 0.4) is 0 Å². The van der Waals surface area contributed by atoms with Crippen molar-refractivity contribution in [3.05, 3.63) is 78.4 Å². The van der Waals surface area contributed by atoms with E-state index in [1.54, 1.807) is 23.5 Å². The molecule has 4 heteroatoms. The number of rotatable bonds is 9. The van der Waals surface area contributed by atoms with Gasteiger partial charge in [0.1, 0.15) is 0 Å². The number of thiol groups is 1. The van der Waals surface area contributed by atoms with Crippen LogP contribution in [0.2, 0.25) is 6.32 Å². The van der Waals surface area contributed by atoms with Crippen LogP contribution in [0.1, 0.15) is 25.3 Å². The van der Waals surface area contributed by atoms with Gasteiger partial charge in [0, 0.05) is 15.5 Å². The number of thioether (sulfide) groups is 2. The lowest BCUT2D eigenvalue weighted by Gasteiger charge is -2.43. The topological polar surface area (TPSA) is 0 Å². The summed E-state index contributed by atoms with van der Waals surface area (Å²) in [7, 11) is 0. The van der Waals surface area contributed by atoms with Crippen molar-refractivity contribution in [2.45, 2.75) is 41.6 Å². The van der Waals surface area contributed by atoms with Gasteiger partial charge in [-0.2, -0.15) is 35.3 Å². The fraction of sp³-hybridized carbons (Fsp3) is 0.280. The van der Waals surface area contributed by atoms with E-state index >= 15 is 0 Å². The predicted octanol–water partition coefficient (Wildman–Crippen LogP) is 5.83. The lowest BCUT2D eigenvalue weighted by Crippen LogP contribution is -2.67. The van der Waals surface area contributed by atoms with Crippen molar-refractivity contribution in [3.63, 3.8) is 0 Å². The zero-order chi connectivity index (χ0) is 20.7. The van der Waals surface area contributed by atoms with Gasteiger partial charge in [-0.05, 0) is 18.1 Å². The molecule has 0 fully saturated rings. The fourth-order valence-electron chi connectivity index (χ4n) is 4.40. The first-order valence-corrected chi connectivity index (χ1v) is 13.4. The van der Waals surface area contributed by atoms with Gasteiger partial charge in [-0.25, -0.2) is 0 Å². The first kappa shape index (κ1) is 22.5. The van der Waals surface area contributed by atoms with Gasteiger partial charge in [0.2, 0.25) is 0 Å². The van der Waals surface area contributed by atoms with Gasteiger partial charge in [0.25, 0.3) is 0 Å². The van der Waals surface area contributed by atoms with Crippen molar-refractivity contribution in [2.24, 2.45) is 0 Å². The second kappa shape index (κ2) is 10.7. The lowest BCUT2D eigenvalue weighted by atomic mass is 9.14. The first-order chi connectivity index (χ1) is 14.2. The third-order valence-corrected chi connectivity index (χ3v) is 7.94. The molecule has 0 spiro atoms. The number of unbranched alkanes of at least 4 members (excludes halogenated alkanes) is 1. The molecule has 3 aromatic rings. The molecule has 0 aliphatic heterocycles. The van der Waals surface area contributed by atoms with Crippen molar-refractivity contribution in [3.8, 4) is 0 Å². The van der Waals surface area contributed by atoms with Crippen molar-refractivity contribution in [1.29, 1.82) is 0 Å². The van der Waals surface area contributed by atoms with E-state index in [9.17, 15) is 0 Å². The Bertz CT molecular complexity index is 771. The molecule has 29 heavy (non-hydrogen) atoms. The molecular formula is C25H30BS3-. The average Bonchev–Trinajstić information content (AvgIpc) is 2.80. The van der Waals surface area contributed by atoms with Crippen LogP contribution in [-0.4, -0.2) is 18.7 Å². The van der Waals surface area contributed by atoms with E-state index in [0.717, 1.165) is 12.1 Å². The summed E-state index contributed by atoms with van der Waals surface area (Å²) in [5.41, 5.74) is 5.57. The van der Waals surface area contributed by atoms with E-state index in [2.05, 4.69) is 105 Å². The molecule has 0 saturated heterocycles. The predicted molar refractivity (Wildman–Crippen MR) is 140 cm³/mol. The molecule has 0 saturated carbocycles. The van der Waals surface area contributed by atoms with Crippen LogP contribution < -0.4 is 16.4 Å². The minimum atomic E-state index is -1.02. The normalized spacial score (nSPS) is 11.6. The van der Waals surface area contributed by atoms with Gasteiger partial charge in [-0.15, -0.1) is 23.5 Å². The Hall–Kier alpha value is -1.23. The summed E-state index contributed by atoms with van der Waals surface area (Å²) >= 11 is 8.06. The highest BCUT2D eigenvalue weighted by Gasteiger charge is 2.29. The molecule has 0 amide bonds. The van der Waals surface area contributed by atoms with Crippen LogP contribution in [0.25, 0.3) is 0 Å². The average molecular weight is 438 g/mol. The number of benzene rings is 3. The van der Waals surface area contributed by atoms with Crippen LogP contribution in [0.5, 0.6) is 0 Å². The summed E-state index contributed by atoms with van der Waals surface area (Å²) in [5.74, 6) is 0.778. The van der Waals surface area contributed by atoms with Crippen LogP contribution >= 0.6 is 36.2 Å². The maximum absolute atomic E-state index is 4.46. The van der Waals surface area contributed by atoms with Crippen molar-refractivity contribution in [1.82, 2.24) is 0 Å². The molecule has 0 unspecified atom stereocenters. The van der Waals surface area contributed by atoms with E-state index in [1.807, 2.05) is 0 Å². The van der Waals surface area contributed by atoms with E-state index < -0.39 is 6.15 Å². The molecule has 0 radical (unpaired) electrons. The fourth-order valence-corrected chi connectivity index (χ4v) is 5.43. The molecule has 0 bridgehead atoms. The summed E-state index contributed by atoms with van der Waals surface area (Å²) in [6.45, 7) is 2.29. The zero-order valence-electron chi connectivity index (χ0n) is 17.6. The van der Waals surface area contributed by atoms with Gasteiger partial charge in [-0.1, -0.05) is 92.6 Å². The monoisotopic (exact) mass is 437 g/mol. The van der Waals surface area contributed by atoms with E-state index in [-0.39, 0.29) is 0 Å². The van der Waals surface area contributed by atoms with Crippen LogP contribution in [0, 0.1) is 0 Å². The van der Waals surface area contributed by atoms with E-state index in [1.165, 1.54) is 44.6 Å². The summed E-state index contributed by atoms with van der Waals surface area (Å²) in [6, 6.07) is 27.7. The standard InChI is InChI=1S/C25H30BS3/c1-4-5-18-26(21-8-6-20(19-27)7-9-21,22-10-14-24(28-2)15-11-22)23-12-16-25(29-3)17-13-23/h6-17,27H,4-5,18-19H2,1-3H3/q-1. The van der Waals surface area contributed by atoms with Crippen LogP contribution in [0.4, 0.5) is 0 Å². The Balaban J connectivity index is 2.23. The highest BCUT2D eigenvalue weighted by molar-refractivity contribution is 7.98. The molecular weight excluding hydrogens is 407 g/mol. The van der Waals surface area contributed by atoms with Crippen molar-refractivity contribution >= 4 is 58.7 Å². The van der Waals surface area contributed by atoms with Gasteiger partial charge < -0.3 is 0 Å². The Labute approximate surface area is 190 Å². The second-order valence-electron chi connectivity index (χ2n) is 7.63. The quantitative estimate of drug-likeness (QED) is 0.254. The van der Waals surface area contributed by atoms with Gasteiger partial charge in [-0.3, -0.25) is 0 Å². The molecule has 0 atom stereocenters. The minimum absolute atomic E-state index is 0.778. The minimum Gasteiger partial charge on any atom is -0.200 e. The van der Waals surface area contributed by atoms with Crippen LogP contribution in [-0.2, 0) is 5.75 Å². The third-order valence-electron chi connectivity index (χ3n) is 6.09. The Morgan fingerprint density at radius 3 is 1.45 bits per heavy atom. The van der Waals surface area contributed by atoms with Gasteiger partial charge in [0.15, 0.2) is 0 Å². The Morgan fingerprint density at radius 2 is 1.10 bits per heavy atom. The maximum Gasteiger partial charge on any atom is 0.0814 e. The largest absolute Gasteiger partial charge is 0.200 e. The first-order valence-electron chi connectivity index (χ1n) is 10.3. The zero-order valence-corrected chi connectivity index (χ0v) is 20.1. The molecule has 3 aromatic carbocycles. The molecule has 0 aromatic heterocycles. The molecule has 152 valence electrons. The molecule has 3 rings (SSSR count). The Morgan fingerprint density at radius 1 is 0.690 bits per heavy atom. The highest BCUT2D eigenvalue weighted by atomic mass is 32.2. The molecule has 0 nitrogen and oxygen atoms in total. The molecule has 0 N–H and O–H groups in total. The third kappa shape index (κ3) is 4.92. The lowest BCUT2D eigenvalue weighted by molar-refractivity contribution is 0.874. The second-order valence-corrected chi connectivity index (χ2v) is 9.71. The molecule has 0 aliphatic rings. The SMILES string of the molecule is CCCC[B-](c1ccc(CS)cc1)(c1ccc(SC)cc1)c1ccc(SC)cc1. The van der Waals surface area contributed by atoms with Crippen LogP contribution in [0.15, 0.2) is 82.6 Å². The molecule has 0 heterocycles. The smallest absolute Gasteiger partial charge is 0.0814 e. The van der Waals surface area contributed by atoms with Crippen molar-refractivity contribution in [2.75, 3.05) is 12.5 Å². The summed E-state index contributed by atoms with van der Waals surface area (Å²) in [4.78, 5) is 2.63. The van der Waals surface area contributed by atoms with Gasteiger partial charge in [0.05, 0.1) is 6.15 Å². The highest BCUT2D eigenvalue weighted by Crippen LogP contribution is 2.21. The number of hydrogen-bond donors (Lipinski definition) is 1. The summed E-state index contributed by atoms with van der Waals surface area (Å²) in [6.07, 6.45) is 6.83. The molecule has 0 aliphatic carbocycles. The maximum atomic E-state index is 4.46. The summed E-state index contributed by atoms with van der Waals surface area (Å²) in [5, 5.41) is 0.